The summed E-state index contributed by atoms with van der Waals surface area (Å²) in [6, 6.07) is 7.70. The van der Waals surface area contributed by atoms with Crippen molar-refractivity contribution in [3.63, 3.8) is 0 Å². The molecular weight excluding hydrogens is 256 g/mol. The normalized spacial score (nSPS) is 11.2. The van der Waals surface area contributed by atoms with Crippen molar-refractivity contribution in [3.05, 3.63) is 35.9 Å². The quantitative estimate of drug-likeness (QED) is 0.519. The van der Waals surface area contributed by atoms with Crippen LogP contribution in [0.15, 0.2) is 30.3 Å². The molecule has 1 rings (SSSR count). The second kappa shape index (κ2) is 8.59. The minimum Gasteiger partial charge on any atom is -0.480 e. The summed E-state index contributed by atoms with van der Waals surface area (Å²) in [6.45, 7) is 0.424. The molecule has 0 saturated carbocycles. The maximum absolute atomic E-state index is 11.6. The fraction of sp³-hybridized carbons (Fsp3) is 0.333. The SMILES string of the molecule is C#CCCCNC(=O)NC(Cc1ccccc1)C(=O)O. The second-order valence-corrected chi connectivity index (χ2v) is 4.29. The van der Waals surface area contributed by atoms with Gasteiger partial charge in [0.05, 0.1) is 0 Å². The molecule has 2 amide bonds. The smallest absolute Gasteiger partial charge is 0.326 e. The molecule has 0 heterocycles. The van der Waals surface area contributed by atoms with Crippen LogP contribution in [0.3, 0.4) is 0 Å². The van der Waals surface area contributed by atoms with Crippen LogP contribution in [-0.2, 0) is 11.2 Å². The molecule has 0 aliphatic rings. The summed E-state index contributed by atoms with van der Waals surface area (Å²) in [5.74, 6) is 1.40. The van der Waals surface area contributed by atoms with Crippen molar-refractivity contribution in [1.82, 2.24) is 10.6 Å². The number of rotatable bonds is 7. The summed E-state index contributed by atoms with van der Waals surface area (Å²) in [5, 5.41) is 14.1. The average molecular weight is 274 g/mol. The fourth-order valence-electron chi connectivity index (χ4n) is 1.65. The molecule has 20 heavy (non-hydrogen) atoms. The minimum atomic E-state index is -1.06. The highest BCUT2D eigenvalue weighted by atomic mass is 16.4. The van der Waals surface area contributed by atoms with Crippen LogP contribution in [-0.4, -0.2) is 29.7 Å². The summed E-state index contributed by atoms with van der Waals surface area (Å²) < 4.78 is 0. The molecule has 1 unspecified atom stereocenters. The highest BCUT2D eigenvalue weighted by Gasteiger charge is 2.19. The first-order valence-electron chi connectivity index (χ1n) is 6.38. The predicted octanol–water partition coefficient (Wildman–Crippen LogP) is 1.39. The van der Waals surface area contributed by atoms with E-state index >= 15 is 0 Å². The van der Waals surface area contributed by atoms with Gasteiger partial charge in [-0.3, -0.25) is 0 Å². The Labute approximate surface area is 118 Å². The van der Waals surface area contributed by atoms with Gasteiger partial charge in [0.15, 0.2) is 0 Å². The summed E-state index contributed by atoms with van der Waals surface area (Å²) in [5.41, 5.74) is 0.854. The van der Waals surface area contributed by atoms with E-state index in [9.17, 15) is 9.59 Å². The molecule has 0 bridgehead atoms. The lowest BCUT2D eigenvalue weighted by Gasteiger charge is -2.15. The highest BCUT2D eigenvalue weighted by Crippen LogP contribution is 2.03. The summed E-state index contributed by atoms with van der Waals surface area (Å²) in [4.78, 5) is 22.7. The lowest BCUT2D eigenvalue weighted by Crippen LogP contribution is -2.47. The minimum absolute atomic E-state index is 0.244. The van der Waals surface area contributed by atoms with Crippen molar-refractivity contribution >= 4 is 12.0 Å². The number of amides is 2. The Morgan fingerprint density at radius 1 is 1.30 bits per heavy atom. The predicted molar refractivity (Wildman–Crippen MR) is 76.2 cm³/mol. The molecule has 1 aromatic rings. The Bertz CT molecular complexity index is 480. The number of urea groups is 1. The molecular formula is C15H18N2O3. The molecule has 3 N–H and O–H groups in total. The molecule has 0 aliphatic heterocycles. The topological polar surface area (TPSA) is 78.4 Å². The molecule has 106 valence electrons. The first-order valence-corrected chi connectivity index (χ1v) is 6.38. The third-order valence-electron chi connectivity index (χ3n) is 2.67. The van der Waals surface area contributed by atoms with Gasteiger partial charge in [0.1, 0.15) is 6.04 Å². The number of carbonyl (C=O) groups is 2. The Hall–Kier alpha value is -2.48. The number of benzene rings is 1. The van der Waals surface area contributed by atoms with Crippen molar-refractivity contribution in [3.8, 4) is 12.3 Å². The zero-order chi connectivity index (χ0) is 14.8. The summed E-state index contributed by atoms with van der Waals surface area (Å²) in [6.07, 6.45) is 6.58. The zero-order valence-corrected chi connectivity index (χ0v) is 11.1. The van der Waals surface area contributed by atoms with Crippen molar-refractivity contribution < 1.29 is 14.7 Å². The Kier molecular flexibility index (Phi) is 6.69. The maximum atomic E-state index is 11.6. The molecule has 5 heteroatoms. The number of carboxylic acid groups (broad SMARTS) is 1. The van der Waals surface area contributed by atoms with Crippen molar-refractivity contribution in [2.75, 3.05) is 6.54 Å². The van der Waals surface area contributed by atoms with Crippen LogP contribution < -0.4 is 10.6 Å². The van der Waals surface area contributed by atoms with Gasteiger partial charge in [-0.15, -0.1) is 12.3 Å². The fourth-order valence-corrected chi connectivity index (χ4v) is 1.65. The average Bonchev–Trinajstić information content (AvgIpc) is 2.44. The number of terminal acetylenes is 1. The van der Waals surface area contributed by atoms with E-state index in [0.717, 1.165) is 5.56 Å². The van der Waals surface area contributed by atoms with Crippen LogP contribution in [0.25, 0.3) is 0 Å². The van der Waals surface area contributed by atoms with E-state index in [1.165, 1.54) is 0 Å². The molecule has 1 aromatic carbocycles. The maximum Gasteiger partial charge on any atom is 0.326 e. The van der Waals surface area contributed by atoms with Gasteiger partial charge in [-0.1, -0.05) is 30.3 Å². The first-order chi connectivity index (χ1) is 9.63. The van der Waals surface area contributed by atoms with Gasteiger partial charge < -0.3 is 15.7 Å². The van der Waals surface area contributed by atoms with Gasteiger partial charge >= 0.3 is 12.0 Å². The van der Waals surface area contributed by atoms with Crippen molar-refractivity contribution in [1.29, 1.82) is 0 Å². The Morgan fingerprint density at radius 2 is 2.00 bits per heavy atom. The van der Waals surface area contributed by atoms with E-state index < -0.39 is 18.0 Å². The lowest BCUT2D eigenvalue weighted by atomic mass is 10.1. The Balaban J connectivity index is 2.45. The molecule has 0 aliphatic carbocycles. The van der Waals surface area contributed by atoms with E-state index in [1.807, 2.05) is 30.3 Å². The van der Waals surface area contributed by atoms with Gasteiger partial charge in [0, 0.05) is 19.4 Å². The van der Waals surface area contributed by atoms with E-state index in [2.05, 4.69) is 16.6 Å². The van der Waals surface area contributed by atoms with Crippen molar-refractivity contribution in [2.24, 2.45) is 0 Å². The Morgan fingerprint density at radius 3 is 2.60 bits per heavy atom. The lowest BCUT2D eigenvalue weighted by molar-refractivity contribution is -0.139. The molecule has 0 aromatic heterocycles. The number of unbranched alkanes of at least 4 members (excludes halogenated alkanes) is 1. The number of hydrogen-bond acceptors (Lipinski definition) is 2. The van der Waals surface area contributed by atoms with Crippen LogP contribution in [0, 0.1) is 12.3 Å². The molecule has 0 radical (unpaired) electrons. The van der Waals surface area contributed by atoms with Crippen LogP contribution in [0.1, 0.15) is 18.4 Å². The largest absolute Gasteiger partial charge is 0.480 e. The summed E-state index contributed by atoms with van der Waals surface area (Å²) >= 11 is 0. The highest BCUT2D eigenvalue weighted by molar-refractivity contribution is 5.82. The standard InChI is InChI=1S/C15H18N2O3/c1-2-3-7-10-16-15(20)17-13(14(18)19)11-12-8-5-4-6-9-12/h1,4-6,8-9,13H,3,7,10-11H2,(H,18,19)(H2,16,17,20). The number of nitrogens with one attached hydrogen (secondary N) is 2. The molecule has 0 saturated heterocycles. The third kappa shape index (κ3) is 5.91. The molecule has 0 fully saturated rings. The van der Waals surface area contributed by atoms with Crippen molar-refractivity contribution in [2.45, 2.75) is 25.3 Å². The van der Waals surface area contributed by atoms with Gasteiger partial charge in [0.2, 0.25) is 0 Å². The van der Waals surface area contributed by atoms with Crippen LogP contribution >= 0.6 is 0 Å². The number of carbonyl (C=O) groups excluding carboxylic acids is 1. The second-order valence-electron chi connectivity index (χ2n) is 4.29. The monoisotopic (exact) mass is 274 g/mol. The van der Waals surface area contributed by atoms with E-state index in [1.54, 1.807) is 0 Å². The van der Waals surface area contributed by atoms with Crippen LogP contribution in [0.2, 0.25) is 0 Å². The number of aliphatic carboxylic acids is 1. The van der Waals surface area contributed by atoms with Gasteiger partial charge in [-0.2, -0.15) is 0 Å². The molecule has 0 spiro atoms. The van der Waals surface area contributed by atoms with E-state index in [0.29, 0.717) is 19.4 Å². The van der Waals surface area contributed by atoms with Gasteiger partial charge in [-0.05, 0) is 12.0 Å². The van der Waals surface area contributed by atoms with E-state index in [-0.39, 0.29) is 6.42 Å². The summed E-state index contributed by atoms with van der Waals surface area (Å²) in [7, 11) is 0. The number of hydrogen-bond donors (Lipinski definition) is 3. The zero-order valence-electron chi connectivity index (χ0n) is 11.1. The van der Waals surface area contributed by atoms with Crippen LogP contribution in [0.5, 0.6) is 0 Å². The van der Waals surface area contributed by atoms with E-state index in [4.69, 9.17) is 11.5 Å². The molecule has 5 nitrogen and oxygen atoms in total. The first kappa shape index (κ1) is 15.6. The molecule has 1 atom stereocenters. The van der Waals surface area contributed by atoms with Gasteiger partial charge in [0.25, 0.3) is 0 Å². The van der Waals surface area contributed by atoms with Crippen LogP contribution in [0.4, 0.5) is 4.79 Å². The van der Waals surface area contributed by atoms with Gasteiger partial charge in [-0.25, -0.2) is 9.59 Å². The third-order valence-corrected chi connectivity index (χ3v) is 2.67. The number of carboxylic acids is 1.